The first-order valence-electron chi connectivity index (χ1n) is 6.08. The van der Waals surface area contributed by atoms with Crippen molar-refractivity contribution in [3.05, 3.63) is 11.1 Å². The molecule has 0 spiro atoms. The molecule has 1 aromatic heterocycles. The molecule has 17 heavy (non-hydrogen) atoms. The van der Waals surface area contributed by atoms with Gasteiger partial charge in [-0.3, -0.25) is 0 Å². The van der Waals surface area contributed by atoms with Gasteiger partial charge in [-0.1, -0.05) is 31.1 Å². The van der Waals surface area contributed by atoms with Crippen LogP contribution < -0.4 is 5.32 Å². The minimum absolute atomic E-state index is 0.296. The molecule has 4 nitrogen and oxygen atoms in total. The van der Waals surface area contributed by atoms with E-state index in [2.05, 4.69) is 17.2 Å². The average Bonchev–Trinajstić information content (AvgIpc) is 2.75. The van der Waals surface area contributed by atoms with Crippen LogP contribution in [0.15, 0.2) is 6.20 Å². The lowest BCUT2D eigenvalue weighted by Crippen LogP contribution is -2.20. The van der Waals surface area contributed by atoms with E-state index in [9.17, 15) is 4.79 Å². The average molecular weight is 254 g/mol. The molecule has 1 saturated carbocycles. The molecule has 2 N–H and O–H groups in total. The molecule has 0 amide bonds. The zero-order valence-corrected chi connectivity index (χ0v) is 10.8. The molecular weight excluding hydrogens is 236 g/mol. The van der Waals surface area contributed by atoms with Gasteiger partial charge >= 0.3 is 5.97 Å². The van der Waals surface area contributed by atoms with Crippen molar-refractivity contribution in [3.8, 4) is 0 Å². The fraction of sp³-hybridized carbons (Fsp3) is 0.667. The molecule has 5 heteroatoms. The summed E-state index contributed by atoms with van der Waals surface area (Å²) in [5.41, 5.74) is 0. The Labute approximate surface area is 105 Å². The van der Waals surface area contributed by atoms with Gasteiger partial charge in [-0.2, -0.15) is 0 Å². The Kier molecular flexibility index (Phi) is 3.99. The van der Waals surface area contributed by atoms with Gasteiger partial charge in [0.1, 0.15) is 4.88 Å². The molecule has 2 rings (SSSR count). The number of carboxylic acid groups (broad SMARTS) is 1. The van der Waals surface area contributed by atoms with Crippen molar-refractivity contribution in [2.75, 3.05) is 11.9 Å². The maximum Gasteiger partial charge on any atom is 0.347 e. The fourth-order valence-electron chi connectivity index (χ4n) is 2.43. The van der Waals surface area contributed by atoms with Crippen LogP contribution in [0.5, 0.6) is 0 Å². The van der Waals surface area contributed by atoms with Crippen molar-refractivity contribution < 1.29 is 9.90 Å². The predicted molar refractivity (Wildman–Crippen MR) is 68.7 cm³/mol. The lowest BCUT2D eigenvalue weighted by atomic mass is 9.82. The van der Waals surface area contributed by atoms with Crippen LogP contribution in [0.4, 0.5) is 5.13 Å². The van der Waals surface area contributed by atoms with E-state index < -0.39 is 5.97 Å². The van der Waals surface area contributed by atoms with Crippen LogP contribution in [-0.2, 0) is 0 Å². The van der Waals surface area contributed by atoms with Crippen molar-refractivity contribution in [2.45, 2.75) is 32.6 Å². The lowest BCUT2D eigenvalue weighted by molar-refractivity contribution is 0.0702. The van der Waals surface area contributed by atoms with Crippen LogP contribution >= 0.6 is 11.3 Å². The highest BCUT2D eigenvalue weighted by molar-refractivity contribution is 7.17. The summed E-state index contributed by atoms with van der Waals surface area (Å²) in [7, 11) is 0. The van der Waals surface area contributed by atoms with Crippen LogP contribution in [0.3, 0.4) is 0 Å². The number of thiazole rings is 1. The first kappa shape index (κ1) is 12.4. The Balaban J connectivity index is 1.82. The fourth-order valence-corrected chi connectivity index (χ4v) is 3.09. The standard InChI is InChI=1S/C12H18N2O2S/c1-8-3-2-4-9(5-8)6-13-12-14-7-10(17-12)11(15)16/h7-9H,2-6H2,1H3,(H,13,14)(H,15,16). The van der Waals surface area contributed by atoms with Gasteiger partial charge in [0, 0.05) is 6.54 Å². The van der Waals surface area contributed by atoms with Gasteiger partial charge in [0.2, 0.25) is 0 Å². The Hall–Kier alpha value is -1.10. The van der Waals surface area contributed by atoms with Crippen LogP contribution in [0.25, 0.3) is 0 Å². The second-order valence-corrected chi connectivity index (χ2v) is 5.88. The second-order valence-electron chi connectivity index (χ2n) is 4.85. The second kappa shape index (κ2) is 5.49. The molecule has 0 saturated heterocycles. The number of hydrogen-bond acceptors (Lipinski definition) is 4. The summed E-state index contributed by atoms with van der Waals surface area (Å²) < 4.78 is 0. The third-order valence-electron chi connectivity index (χ3n) is 3.30. The van der Waals surface area contributed by atoms with Gasteiger partial charge in [0.25, 0.3) is 0 Å². The number of nitrogens with one attached hydrogen (secondary N) is 1. The molecule has 0 radical (unpaired) electrons. The molecular formula is C12H18N2O2S. The van der Waals surface area contributed by atoms with Gasteiger partial charge in [0.05, 0.1) is 6.20 Å². The van der Waals surface area contributed by atoms with E-state index in [-0.39, 0.29) is 0 Å². The normalized spacial score (nSPS) is 24.5. The number of carbonyl (C=O) groups is 1. The van der Waals surface area contributed by atoms with E-state index in [4.69, 9.17) is 5.11 Å². The molecule has 2 unspecified atom stereocenters. The summed E-state index contributed by atoms with van der Waals surface area (Å²) in [4.78, 5) is 15.1. The molecule has 1 aromatic rings. The van der Waals surface area contributed by atoms with Crippen molar-refractivity contribution in [1.29, 1.82) is 0 Å². The number of carboxylic acids is 1. The minimum Gasteiger partial charge on any atom is -0.477 e. The maximum absolute atomic E-state index is 10.7. The first-order chi connectivity index (χ1) is 8.15. The maximum atomic E-state index is 10.7. The summed E-state index contributed by atoms with van der Waals surface area (Å²) >= 11 is 1.21. The number of hydrogen-bond donors (Lipinski definition) is 2. The van der Waals surface area contributed by atoms with Gasteiger partial charge in [0.15, 0.2) is 5.13 Å². The van der Waals surface area contributed by atoms with Gasteiger partial charge in [-0.15, -0.1) is 0 Å². The van der Waals surface area contributed by atoms with Gasteiger partial charge in [-0.25, -0.2) is 9.78 Å². The van der Waals surface area contributed by atoms with Crippen molar-refractivity contribution in [1.82, 2.24) is 4.98 Å². The van der Waals surface area contributed by atoms with E-state index in [0.29, 0.717) is 10.8 Å². The van der Waals surface area contributed by atoms with Gasteiger partial charge in [-0.05, 0) is 24.7 Å². The van der Waals surface area contributed by atoms with Crippen LogP contribution in [0, 0.1) is 11.8 Å². The monoisotopic (exact) mass is 254 g/mol. The zero-order valence-electron chi connectivity index (χ0n) is 9.98. The Morgan fingerprint density at radius 3 is 3.12 bits per heavy atom. The Morgan fingerprint density at radius 1 is 1.65 bits per heavy atom. The predicted octanol–water partition coefficient (Wildman–Crippen LogP) is 3.08. The molecule has 1 heterocycles. The molecule has 0 aliphatic heterocycles. The number of nitrogens with zero attached hydrogens (tertiary/aromatic N) is 1. The first-order valence-corrected chi connectivity index (χ1v) is 6.90. The summed E-state index contributed by atoms with van der Waals surface area (Å²) in [6.07, 6.45) is 6.61. The highest BCUT2D eigenvalue weighted by atomic mass is 32.1. The minimum atomic E-state index is -0.901. The summed E-state index contributed by atoms with van der Waals surface area (Å²) in [5, 5.41) is 12.8. The van der Waals surface area contributed by atoms with E-state index >= 15 is 0 Å². The third kappa shape index (κ3) is 3.43. The highest BCUT2D eigenvalue weighted by Crippen LogP contribution is 2.29. The number of anilines is 1. The molecule has 2 atom stereocenters. The topological polar surface area (TPSA) is 62.2 Å². The Bertz CT molecular complexity index is 392. The molecule has 1 aliphatic carbocycles. The summed E-state index contributed by atoms with van der Waals surface area (Å²) in [6, 6.07) is 0. The van der Waals surface area contributed by atoms with Gasteiger partial charge < -0.3 is 10.4 Å². The third-order valence-corrected chi connectivity index (χ3v) is 4.25. The number of rotatable bonds is 4. The number of aromatic carboxylic acids is 1. The highest BCUT2D eigenvalue weighted by Gasteiger charge is 2.19. The molecule has 0 aromatic carbocycles. The van der Waals surface area contributed by atoms with Crippen LogP contribution in [-0.4, -0.2) is 22.6 Å². The largest absolute Gasteiger partial charge is 0.477 e. The quantitative estimate of drug-likeness (QED) is 0.866. The van der Waals surface area contributed by atoms with Crippen molar-refractivity contribution >= 4 is 22.4 Å². The molecule has 1 fully saturated rings. The van der Waals surface area contributed by atoms with Crippen LogP contribution in [0.1, 0.15) is 42.3 Å². The van der Waals surface area contributed by atoms with E-state index in [1.807, 2.05) is 0 Å². The van der Waals surface area contributed by atoms with E-state index in [1.165, 1.54) is 43.2 Å². The Morgan fingerprint density at radius 2 is 2.47 bits per heavy atom. The molecule has 94 valence electrons. The molecule has 0 bridgehead atoms. The molecule has 1 aliphatic rings. The van der Waals surface area contributed by atoms with Crippen molar-refractivity contribution in [3.63, 3.8) is 0 Å². The van der Waals surface area contributed by atoms with Crippen LogP contribution in [0.2, 0.25) is 0 Å². The summed E-state index contributed by atoms with van der Waals surface area (Å²) in [5.74, 6) is 0.624. The van der Waals surface area contributed by atoms with E-state index in [1.54, 1.807) is 0 Å². The van der Waals surface area contributed by atoms with Crippen molar-refractivity contribution in [2.24, 2.45) is 11.8 Å². The smallest absolute Gasteiger partial charge is 0.347 e. The number of aromatic nitrogens is 1. The summed E-state index contributed by atoms with van der Waals surface area (Å²) in [6.45, 7) is 3.22. The zero-order chi connectivity index (χ0) is 12.3. The lowest BCUT2D eigenvalue weighted by Gasteiger charge is -2.26. The SMILES string of the molecule is CC1CCCC(CNc2ncc(C(=O)O)s2)C1. The van der Waals surface area contributed by atoms with E-state index in [0.717, 1.165) is 17.6 Å².